The summed E-state index contributed by atoms with van der Waals surface area (Å²) in [6, 6.07) is 37.9. The van der Waals surface area contributed by atoms with E-state index in [-0.39, 0.29) is 22.3 Å². The number of phenols is 2. The van der Waals surface area contributed by atoms with Crippen molar-refractivity contribution in [2.75, 3.05) is 0 Å². The van der Waals surface area contributed by atoms with Crippen molar-refractivity contribution in [3.8, 4) is 44.9 Å². The van der Waals surface area contributed by atoms with E-state index >= 15 is 0 Å². The molecule has 0 aromatic heterocycles. The first kappa shape index (κ1) is 27.6. The van der Waals surface area contributed by atoms with Crippen molar-refractivity contribution in [3.05, 3.63) is 120 Å². The van der Waals surface area contributed by atoms with E-state index in [2.05, 4.69) is 139 Å². The zero-order valence-corrected chi connectivity index (χ0v) is 25.3. The normalized spacial score (nSPS) is 12.2. The first-order chi connectivity index (χ1) is 19.9. The molecule has 0 fully saturated rings. The van der Waals surface area contributed by atoms with Crippen molar-refractivity contribution in [3.63, 3.8) is 0 Å². The number of hydrogen-bond donors (Lipinski definition) is 2. The van der Waals surface area contributed by atoms with Crippen LogP contribution in [0.3, 0.4) is 0 Å². The van der Waals surface area contributed by atoms with Gasteiger partial charge >= 0.3 is 0 Å². The zero-order chi connectivity index (χ0) is 29.8. The highest BCUT2D eigenvalue weighted by molar-refractivity contribution is 5.92. The van der Waals surface area contributed by atoms with Gasteiger partial charge in [-0.05, 0) is 91.0 Å². The van der Waals surface area contributed by atoms with Gasteiger partial charge in [-0.3, -0.25) is 0 Å². The SMILES string of the molecule is CC(C)(C)c1cc(-c2ccc3ccccc3c2)cc(-c2cc(-c3ccc4ccccc4c3)cc(C(C)(C)C)c2O)c1O. The highest BCUT2D eigenvalue weighted by Crippen LogP contribution is 2.48. The molecule has 2 nitrogen and oxygen atoms in total. The second-order valence-corrected chi connectivity index (χ2v) is 13.5. The second kappa shape index (κ2) is 10.1. The molecule has 0 aliphatic carbocycles. The van der Waals surface area contributed by atoms with Crippen LogP contribution in [0, 0.1) is 0 Å². The van der Waals surface area contributed by atoms with Crippen molar-refractivity contribution in [2.45, 2.75) is 52.4 Å². The van der Waals surface area contributed by atoms with Crippen LogP contribution in [0.5, 0.6) is 11.5 Å². The molecule has 0 heterocycles. The Labute approximate surface area is 248 Å². The number of benzene rings is 6. The molecule has 0 spiro atoms. The van der Waals surface area contributed by atoms with Crippen LogP contribution in [-0.2, 0) is 10.8 Å². The van der Waals surface area contributed by atoms with Crippen molar-refractivity contribution in [2.24, 2.45) is 0 Å². The summed E-state index contributed by atoms with van der Waals surface area (Å²) in [6.07, 6.45) is 0. The highest BCUT2D eigenvalue weighted by atomic mass is 16.3. The van der Waals surface area contributed by atoms with Gasteiger partial charge in [0, 0.05) is 22.3 Å². The molecule has 6 rings (SSSR count). The van der Waals surface area contributed by atoms with Crippen molar-refractivity contribution < 1.29 is 10.2 Å². The summed E-state index contributed by atoms with van der Waals surface area (Å²) in [5, 5.41) is 28.4. The summed E-state index contributed by atoms with van der Waals surface area (Å²) in [7, 11) is 0. The van der Waals surface area contributed by atoms with Gasteiger partial charge in [0.2, 0.25) is 0 Å². The van der Waals surface area contributed by atoms with Crippen LogP contribution < -0.4 is 0 Å². The Kier molecular flexibility index (Phi) is 6.61. The highest BCUT2D eigenvalue weighted by Gasteiger charge is 2.27. The first-order valence-corrected chi connectivity index (χ1v) is 14.6. The van der Waals surface area contributed by atoms with E-state index in [4.69, 9.17) is 0 Å². The fraction of sp³-hybridized carbons (Fsp3) is 0.200. The Morgan fingerprint density at radius 3 is 1.10 bits per heavy atom. The largest absolute Gasteiger partial charge is 0.507 e. The topological polar surface area (TPSA) is 40.5 Å². The molecule has 210 valence electrons. The third kappa shape index (κ3) is 5.03. The van der Waals surface area contributed by atoms with Gasteiger partial charge < -0.3 is 10.2 Å². The van der Waals surface area contributed by atoms with E-state index in [0.29, 0.717) is 11.1 Å². The Morgan fingerprint density at radius 1 is 0.381 bits per heavy atom. The Bertz CT molecular complexity index is 1820. The molecule has 0 bridgehead atoms. The van der Waals surface area contributed by atoms with Crippen molar-refractivity contribution in [1.29, 1.82) is 0 Å². The van der Waals surface area contributed by atoms with Crippen LogP contribution in [0.2, 0.25) is 0 Å². The minimum absolute atomic E-state index is 0.206. The third-order valence-electron chi connectivity index (χ3n) is 8.29. The summed E-state index contributed by atoms with van der Waals surface area (Å²) < 4.78 is 0. The average Bonchev–Trinajstić information content (AvgIpc) is 2.96. The number of hydrogen-bond acceptors (Lipinski definition) is 2. The maximum Gasteiger partial charge on any atom is 0.127 e. The molecule has 42 heavy (non-hydrogen) atoms. The predicted molar refractivity (Wildman–Crippen MR) is 178 cm³/mol. The van der Waals surface area contributed by atoms with Crippen LogP contribution in [-0.4, -0.2) is 10.2 Å². The Balaban J connectivity index is 1.63. The smallest absolute Gasteiger partial charge is 0.127 e. The second-order valence-electron chi connectivity index (χ2n) is 13.5. The first-order valence-electron chi connectivity index (χ1n) is 14.6. The molecule has 2 N–H and O–H groups in total. The van der Waals surface area contributed by atoms with E-state index in [1.165, 1.54) is 10.8 Å². The standard InChI is InChI=1S/C40H38O2/c1-39(2,3)35-23-31(29-17-15-25-11-7-9-13-27(25)19-29)21-33(37(35)41)34-22-32(24-36(38(34)42)40(4,5)6)30-18-16-26-12-8-10-14-28(26)20-30/h7-24,41-42H,1-6H3. The van der Waals surface area contributed by atoms with Gasteiger partial charge in [0.25, 0.3) is 0 Å². The lowest BCUT2D eigenvalue weighted by Gasteiger charge is -2.26. The predicted octanol–water partition coefficient (Wildman–Crippen LogP) is 11.0. The molecule has 0 atom stereocenters. The van der Waals surface area contributed by atoms with Gasteiger partial charge in [0.15, 0.2) is 0 Å². The quantitative estimate of drug-likeness (QED) is 0.230. The number of fused-ring (bicyclic) bond motifs is 2. The van der Waals surface area contributed by atoms with Crippen LogP contribution >= 0.6 is 0 Å². The summed E-state index contributed by atoms with van der Waals surface area (Å²) >= 11 is 0. The van der Waals surface area contributed by atoms with Gasteiger partial charge in [0.1, 0.15) is 11.5 Å². The lowest BCUT2D eigenvalue weighted by Crippen LogP contribution is -2.13. The van der Waals surface area contributed by atoms with Crippen LogP contribution in [0.4, 0.5) is 0 Å². The van der Waals surface area contributed by atoms with Gasteiger partial charge in [-0.2, -0.15) is 0 Å². The molecule has 0 amide bonds. The Morgan fingerprint density at radius 2 is 0.738 bits per heavy atom. The molecular formula is C40H38O2. The molecule has 2 heteroatoms. The minimum atomic E-state index is -0.315. The monoisotopic (exact) mass is 550 g/mol. The van der Waals surface area contributed by atoms with Gasteiger partial charge in [-0.15, -0.1) is 0 Å². The molecule has 0 saturated carbocycles. The number of phenolic OH excluding ortho intramolecular Hbond substituents is 2. The minimum Gasteiger partial charge on any atom is -0.507 e. The lowest BCUT2D eigenvalue weighted by molar-refractivity contribution is 0.441. The molecule has 0 radical (unpaired) electrons. The molecular weight excluding hydrogens is 512 g/mol. The molecule has 6 aromatic carbocycles. The summed E-state index contributed by atoms with van der Waals surface area (Å²) in [5.41, 5.74) is 6.48. The fourth-order valence-electron chi connectivity index (χ4n) is 5.89. The van der Waals surface area contributed by atoms with E-state index in [1.807, 2.05) is 12.1 Å². The fourth-order valence-corrected chi connectivity index (χ4v) is 5.89. The van der Waals surface area contributed by atoms with E-state index in [9.17, 15) is 10.2 Å². The Hall–Kier alpha value is -4.56. The maximum absolute atomic E-state index is 11.8. The lowest BCUT2D eigenvalue weighted by atomic mass is 9.79. The molecule has 0 unspecified atom stereocenters. The van der Waals surface area contributed by atoms with E-state index in [1.54, 1.807) is 0 Å². The summed E-state index contributed by atoms with van der Waals surface area (Å²) in [5.74, 6) is 0.413. The van der Waals surface area contributed by atoms with Crippen LogP contribution in [0.15, 0.2) is 109 Å². The molecule has 0 saturated heterocycles. The van der Waals surface area contributed by atoms with Gasteiger partial charge in [-0.1, -0.05) is 114 Å². The van der Waals surface area contributed by atoms with Crippen LogP contribution in [0.1, 0.15) is 52.7 Å². The van der Waals surface area contributed by atoms with Crippen molar-refractivity contribution in [1.82, 2.24) is 0 Å². The molecule has 0 aliphatic rings. The number of aromatic hydroxyl groups is 2. The number of rotatable bonds is 3. The summed E-state index contributed by atoms with van der Waals surface area (Å²) in [6.45, 7) is 12.7. The van der Waals surface area contributed by atoms with Crippen molar-refractivity contribution >= 4 is 21.5 Å². The van der Waals surface area contributed by atoms with Crippen LogP contribution in [0.25, 0.3) is 54.9 Å². The maximum atomic E-state index is 11.8. The third-order valence-corrected chi connectivity index (χ3v) is 8.29. The zero-order valence-electron chi connectivity index (χ0n) is 25.3. The summed E-state index contributed by atoms with van der Waals surface area (Å²) in [4.78, 5) is 0. The van der Waals surface area contributed by atoms with Gasteiger partial charge in [-0.25, -0.2) is 0 Å². The van der Waals surface area contributed by atoms with Gasteiger partial charge in [0.05, 0.1) is 0 Å². The average molecular weight is 551 g/mol. The van der Waals surface area contributed by atoms with E-state index < -0.39 is 0 Å². The van der Waals surface area contributed by atoms with E-state index in [0.717, 1.165) is 44.2 Å². The molecule has 6 aromatic rings. The molecule has 0 aliphatic heterocycles.